The summed E-state index contributed by atoms with van der Waals surface area (Å²) in [6, 6.07) is 0. The number of halogens is 2. The minimum Gasteiger partial charge on any atom is -0.381 e. The van der Waals surface area contributed by atoms with E-state index in [1.807, 2.05) is 0 Å². The number of hydrogen-bond acceptors (Lipinski definition) is 4. The van der Waals surface area contributed by atoms with Crippen molar-refractivity contribution in [2.75, 3.05) is 18.5 Å². The van der Waals surface area contributed by atoms with E-state index in [1.165, 1.54) is 6.20 Å². The molecule has 0 aliphatic carbocycles. The highest BCUT2D eigenvalue weighted by Crippen LogP contribution is 2.34. The van der Waals surface area contributed by atoms with Crippen LogP contribution in [0.3, 0.4) is 0 Å². The third kappa shape index (κ3) is 3.29. The van der Waals surface area contributed by atoms with Crippen LogP contribution in [0.1, 0.15) is 12.8 Å². The van der Waals surface area contributed by atoms with Gasteiger partial charge in [0, 0.05) is 36.7 Å². The SMILES string of the molecule is O=c1c(Br)cn(CC2(CBr)CCOCC2)cc1[N+](=O)[O-]. The van der Waals surface area contributed by atoms with Crippen molar-refractivity contribution in [1.29, 1.82) is 0 Å². The van der Waals surface area contributed by atoms with Gasteiger partial charge in [-0.05, 0) is 28.8 Å². The second kappa shape index (κ2) is 6.36. The molecule has 1 aromatic rings. The third-order valence-electron chi connectivity index (χ3n) is 3.57. The van der Waals surface area contributed by atoms with E-state index in [4.69, 9.17) is 4.74 Å². The molecule has 8 heteroatoms. The predicted molar refractivity (Wildman–Crippen MR) is 81.3 cm³/mol. The summed E-state index contributed by atoms with van der Waals surface area (Å²) < 4.78 is 7.30. The van der Waals surface area contributed by atoms with Crippen molar-refractivity contribution in [1.82, 2.24) is 4.57 Å². The Hall–Kier alpha value is -0.730. The van der Waals surface area contributed by atoms with E-state index >= 15 is 0 Å². The van der Waals surface area contributed by atoms with Crippen LogP contribution in [-0.2, 0) is 11.3 Å². The first kappa shape index (κ1) is 15.7. The van der Waals surface area contributed by atoms with Crippen LogP contribution < -0.4 is 5.43 Å². The van der Waals surface area contributed by atoms with E-state index in [2.05, 4.69) is 31.9 Å². The highest BCUT2D eigenvalue weighted by atomic mass is 79.9. The van der Waals surface area contributed by atoms with E-state index in [0.717, 1.165) is 18.2 Å². The summed E-state index contributed by atoms with van der Waals surface area (Å²) in [6.45, 7) is 1.99. The van der Waals surface area contributed by atoms with Gasteiger partial charge >= 0.3 is 5.69 Å². The standard InChI is InChI=1S/C12H14Br2N2O4/c13-7-12(1-3-20-4-2-12)8-15-5-9(14)11(17)10(6-15)16(18)19/h5-6H,1-4,7-8H2. The molecular weight excluding hydrogens is 396 g/mol. The fourth-order valence-corrected chi connectivity index (χ4v) is 3.53. The molecule has 0 atom stereocenters. The average Bonchev–Trinajstić information content (AvgIpc) is 2.43. The topological polar surface area (TPSA) is 74.4 Å². The molecule has 6 nitrogen and oxygen atoms in total. The molecule has 0 N–H and O–H groups in total. The molecule has 0 saturated carbocycles. The Morgan fingerprint density at radius 2 is 2.05 bits per heavy atom. The number of hydrogen-bond donors (Lipinski definition) is 0. The number of aromatic nitrogens is 1. The molecule has 1 fully saturated rings. The summed E-state index contributed by atoms with van der Waals surface area (Å²) in [6.07, 6.45) is 4.69. The molecule has 0 spiro atoms. The number of nitro groups is 1. The van der Waals surface area contributed by atoms with Gasteiger partial charge in [0.1, 0.15) is 0 Å². The van der Waals surface area contributed by atoms with Crippen LogP contribution in [0.5, 0.6) is 0 Å². The molecule has 1 saturated heterocycles. The summed E-state index contributed by atoms with van der Waals surface area (Å²) in [5, 5.41) is 11.7. The fourth-order valence-electron chi connectivity index (χ4n) is 2.33. The quantitative estimate of drug-likeness (QED) is 0.435. The van der Waals surface area contributed by atoms with Gasteiger partial charge in [0.2, 0.25) is 0 Å². The minimum atomic E-state index is -0.644. The molecule has 1 aromatic heterocycles. The van der Waals surface area contributed by atoms with Crippen molar-refractivity contribution in [3.63, 3.8) is 0 Å². The van der Waals surface area contributed by atoms with E-state index in [1.54, 1.807) is 10.8 Å². The van der Waals surface area contributed by atoms with E-state index in [9.17, 15) is 14.9 Å². The van der Waals surface area contributed by atoms with Gasteiger partial charge in [-0.3, -0.25) is 14.9 Å². The lowest BCUT2D eigenvalue weighted by atomic mass is 9.82. The highest BCUT2D eigenvalue weighted by molar-refractivity contribution is 9.10. The zero-order chi connectivity index (χ0) is 14.8. The maximum absolute atomic E-state index is 11.7. The largest absolute Gasteiger partial charge is 0.381 e. The molecule has 20 heavy (non-hydrogen) atoms. The molecule has 0 amide bonds. The Bertz CT molecular complexity index is 567. The highest BCUT2D eigenvalue weighted by Gasteiger charge is 2.32. The molecule has 0 aromatic carbocycles. The monoisotopic (exact) mass is 408 g/mol. The molecule has 110 valence electrons. The summed E-state index contributed by atoms with van der Waals surface area (Å²) >= 11 is 6.63. The summed E-state index contributed by atoms with van der Waals surface area (Å²) in [4.78, 5) is 21.9. The van der Waals surface area contributed by atoms with Gasteiger partial charge in [-0.2, -0.15) is 0 Å². The normalized spacial score (nSPS) is 17.9. The lowest BCUT2D eigenvalue weighted by Crippen LogP contribution is -2.35. The van der Waals surface area contributed by atoms with Gasteiger partial charge in [0.25, 0.3) is 5.43 Å². The molecule has 0 unspecified atom stereocenters. The fraction of sp³-hybridized carbons (Fsp3) is 0.583. The van der Waals surface area contributed by atoms with Crippen LogP contribution in [-0.4, -0.2) is 28.0 Å². The van der Waals surface area contributed by atoms with Crippen LogP contribution in [0.25, 0.3) is 0 Å². The first-order valence-electron chi connectivity index (χ1n) is 6.15. The number of rotatable bonds is 4. The number of alkyl halides is 1. The van der Waals surface area contributed by atoms with Gasteiger partial charge < -0.3 is 9.30 Å². The summed E-state index contributed by atoms with van der Waals surface area (Å²) in [5.74, 6) is 0. The van der Waals surface area contributed by atoms with Gasteiger partial charge in [-0.25, -0.2) is 0 Å². The molecular formula is C12H14Br2N2O4. The maximum atomic E-state index is 11.7. The zero-order valence-corrected chi connectivity index (χ0v) is 13.9. The molecule has 2 rings (SSSR count). The van der Waals surface area contributed by atoms with Crippen molar-refractivity contribution in [2.45, 2.75) is 19.4 Å². The lowest BCUT2D eigenvalue weighted by Gasteiger charge is -2.36. The zero-order valence-electron chi connectivity index (χ0n) is 10.7. The van der Waals surface area contributed by atoms with Crippen LogP contribution in [0.15, 0.2) is 21.7 Å². The molecule has 0 radical (unpaired) electrons. The molecule has 1 aliphatic rings. The number of nitrogens with zero attached hydrogens (tertiary/aromatic N) is 2. The first-order valence-corrected chi connectivity index (χ1v) is 8.07. The van der Waals surface area contributed by atoms with E-state index in [0.29, 0.717) is 19.8 Å². The van der Waals surface area contributed by atoms with Gasteiger partial charge in [-0.1, -0.05) is 15.9 Å². The van der Waals surface area contributed by atoms with Gasteiger partial charge in [0.15, 0.2) is 0 Å². The van der Waals surface area contributed by atoms with Crippen molar-refractivity contribution >= 4 is 37.5 Å². The second-order valence-corrected chi connectivity index (χ2v) is 6.41. The third-order valence-corrected chi connectivity index (χ3v) is 5.32. The van der Waals surface area contributed by atoms with Crippen LogP contribution in [0, 0.1) is 15.5 Å². The van der Waals surface area contributed by atoms with Gasteiger partial charge in [0.05, 0.1) is 15.6 Å². The Morgan fingerprint density at radius 1 is 1.40 bits per heavy atom. The maximum Gasteiger partial charge on any atom is 0.333 e. The minimum absolute atomic E-state index is 0.000621. The second-order valence-electron chi connectivity index (χ2n) is 5.00. The Labute approximate surface area is 132 Å². The predicted octanol–water partition coefficient (Wildman–Crippen LogP) is 2.71. The van der Waals surface area contributed by atoms with E-state index < -0.39 is 16.0 Å². The number of ether oxygens (including phenoxy) is 1. The molecule has 2 heterocycles. The molecule has 0 bridgehead atoms. The smallest absolute Gasteiger partial charge is 0.333 e. The van der Waals surface area contributed by atoms with Crippen molar-refractivity contribution < 1.29 is 9.66 Å². The first-order chi connectivity index (χ1) is 9.47. The van der Waals surface area contributed by atoms with Crippen LogP contribution in [0.4, 0.5) is 5.69 Å². The lowest BCUT2D eigenvalue weighted by molar-refractivity contribution is -0.386. The Morgan fingerprint density at radius 3 is 2.60 bits per heavy atom. The van der Waals surface area contributed by atoms with Crippen molar-refractivity contribution in [3.8, 4) is 0 Å². The van der Waals surface area contributed by atoms with Crippen LogP contribution in [0.2, 0.25) is 0 Å². The van der Waals surface area contributed by atoms with Crippen molar-refractivity contribution in [2.24, 2.45) is 5.41 Å². The van der Waals surface area contributed by atoms with E-state index in [-0.39, 0.29) is 9.89 Å². The Balaban J connectivity index is 2.33. The summed E-state index contributed by atoms with van der Waals surface area (Å²) in [5.41, 5.74) is -0.997. The summed E-state index contributed by atoms with van der Waals surface area (Å²) in [7, 11) is 0. The van der Waals surface area contributed by atoms with Crippen LogP contribution >= 0.6 is 31.9 Å². The molecule has 1 aliphatic heterocycles. The number of pyridine rings is 1. The Kier molecular flexibility index (Phi) is 4.98. The van der Waals surface area contributed by atoms with Crippen molar-refractivity contribution in [3.05, 3.63) is 37.2 Å². The average molecular weight is 410 g/mol. The van der Waals surface area contributed by atoms with Gasteiger partial charge in [-0.15, -0.1) is 0 Å².